The molecule has 23 heavy (non-hydrogen) atoms. The molecule has 2 rings (SSSR count). The van der Waals surface area contributed by atoms with Gasteiger partial charge in [-0.05, 0) is 30.5 Å². The second-order valence-corrected chi connectivity index (χ2v) is 5.88. The summed E-state index contributed by atoms with van der Waals surface area (Å²) in [5.74, 6) is -0.436. The van der Waals surface area contributed by atoms with E-state index >= 15 is 0 Å². The van der Waals surface area contributed by atoms with Gasteiger partial charge in [-0.2, -0.15) is 0 Å². The van der Waals surface area contributed by atoms with Crippen molar-refractivity contribution in [2.24, 2.45) is 5.92 Å². The van der Waals surface area contributed by atoms with Crippen LogP contribution < -0.4 is 10.6 Å². The highest BCUT2D eigenvalue weighted by Crippen LogP contribution is 2.07. The molecule has 0 saturated heterocycles. The number of carbonyl (C=O) groups is 2. The van der Waals surface area contributed by atoms with Crippen molar-refractivity contribution < 1.29 is 14.0 Å². The van der Waals surface area contributed by atoms with Crippen LogP contribution in [0.1, 0.15) is 35.5 Å². The van der Waals surface area contributed by atoms with Crippen LogP contribution in [0.15, 0.2) is 47.1 Å². The summed E-state index contributed by atoms with van der Waals surface area (Å²) in [5.41, 5.74) is 2.19. The maximum atomic E-state index is 12.4. The SMILES string of the molecule is Cc1ccc(CNC(=O)C(NC(=O)c2ccco2)C(C)C)cc1. The summed E-state index contributed by atoms with van der Waals surface area (Å²) in [7, 11) is 0. The molecule has 5 nitrogen and oxygen atoms in total. The molecule has 2 amide bonds. The van der Waals surface area contributed by atoms with Crippen molar-refractivity contribution in [2.45, 2.75) is 33.4 Å². The molecule has 1 atom stereocenters. The monoisotopic (exact) mass is 314 g/mol. The molecule has 5 heteroatoms. The van der Waals surface area contributed by atoms with Gasteiger partial charge >= 0.3 is 0 Å². The summed E-state index contributed by atoms with van der Waals surface area (Å²) < 4.78 is 5.05. The Morgan fingerprint density at radius 1 is 1.13 bits per heavy atom. The topological polar surface area (TPSA) is 71.3 Å². The molecule has 0 saturated carbocycles. The molecular formula is C18H22N2O3. The third kappa shape index (κ3) is 4.71. The molecule has 2 aromatic rings. The second kappa shape index (κ2) is 7.63. The van der Waals surface area contributed by atoms with Crippen molar-refractivity contribution in [1.29, 1.82) is 0 Å². The van der Waals surface area contributed by atoms with E-state index in [9.17, 15) is 9.59 Å². The lowest BCUT2D eigenvalue weighted by atomic mass is 10.0. The van der Waals surface area contributed by atoms with E-state index in [1.807, 2.05) is 45.0 Å². The molecule has 1 heterocycles. The third-order valence-corrected chi connectivity index (χ3v) is 3.57. The van der Waals surface area contributed by atoms with E-state index in [1.165, 1.54) is 11.8 Å². The molecular weight excluding hydrogens is 292 g/mol. The van der Waals surface area contributed by atoms with Gasteiger partial charge in [-0.3, -0.25) is 9.59 Å². The molecule has 1 unspecified atom stereocenters. The van der Waals surface area contributed by atoms with Crippen molar-refractivity contribution in [2.75, 3.05) is 0 Å². The third-order valence-electron chi connectivity index (χ3n) is 3.57. The molecule has 122 valence electrons. The van der Waals surface area contributed by atoms with Crippen molar-refractivity contribution in [3.05, 3.63) is 59.5 Å². The Morgan fingerprint density at radius 2 is 1.83 bits per heavy atom. The van der Waals surface area contributed by atoms with Crippen LogP contribution in [0.4, 0.5) is 0 Å². The van der Waals surface area contributed by atoms with E-state index in [0.717, 1.165) is 5.56 Å². The number of amides is 2. The lowest BCUT2D eigenvalue weighted by molar-refractivity contribution is -0.124. The zero-order valence-corrected chi connectivity index (χ0v) is 13.6. The summed E-state index contributed by atoms with van der Waals surface area (Å²) in [6, 6.07) is 10.5. The van der Waals surface area contributed by atoms with Crippen LogP contribution in [0.3, 0.4) is 0 Å². The minimum Gasteiger partial charge on any atom is -0.459 e. The fourth-order valence-corrected chi connectivity index (χ4v) is 2.16. The predicted molar refractivity (Wildman–Crippen MR) is 87.8 cm³/mol. The van der Waals surface area contributed by atoms with E-state index in [-0.39, 0.29) is 23.5 Å². The van der Waals surface area contributed by atoms with Gasteiger partial charge in [0, 0.05) is 6.54 Å². The second-order valence-electron chi connectivity index (χ2n) is 5.88. The minimum atomic E-state index is -0.613. The van der Waals surface area contributed by atoms with Crippen LogP contribution in [0.2, 0.25) is 0 Å². The van der Waals surface area contributed by atoms with Gasteiger partial charge in [0.2, 0.25) is 5.91 Å². The molecule has 0 radical (unpaired) electrons. The van der Waals surface area contributed by atoms with Gasteiger partial charge in [0.25, 0.3) is 5.91 Å². The average molecular weight is 314 g/mol. The number of hydrogen-bond donors (Lipinski definition) is 2. The van der Waals surface area contributed by atoms with Crippen molar-refractivity contribution in [3.63, 3.8) is 0 Å². The van der Waals surface area contributed by atoms with E-state index < -0.39 is 6.04 Å². The van der Waals surface area contributed by atoms with Crippen molar-refractivity contribution in [1.82, 2.24) is 10.6 Å². The largest absolute Gasteiger partial charge is 0.459 e. The predicted octanol–water partition coefficient (Wildman–Crippen LogP) is 2.66. The number of rotatable bonds is 6. The molecule has 0 bridgehead atoms. The fourth-order valence-electron chi connectivity index (χ4n) is 2.16. The summed E-state index contributed by atoms with van der Waals surface area (Å²) >= 11 is 0. The number of carbonyl (C=O) groups excluding carboxylic acids is 2. The Kier molecular flexibility index (Phi) is 5.57. The van der Waals surface area contributed by atoms with Crippen LogP contribution in [-0.4, -0.2) is 17.9 Å². The van der Waals surface area contributed by atoms with Crippen LogP contribution in [0, 0.1) is 12.8 Å². The molecule has 2 N–H and O–H groups in total. The van der Waals surface area contributed by atoms with Crippen LogP contribution >= 0.6 is 0 Å². The van der Waals surface area contributed by atoms with E-state index in [0.29, 0.717) is 6.54 Å². The smallest absolute Gasteiger partial charge is 0.287 e. The number of nitrogens with one attached hydrogen (secondary N) is 2. The van der Waals surface area contributed by atoms with Gasteiger partial charge in [0.05, 0.1) is 6.26 Å². The molecule has 0 fully saturated rings. The molecule has 1 aromatic carbocycles. The minimum absolute atomic E-state index is 0.0352. The zero-order valence-electron chi connectivity index (χ0n) is 13.6. The summed E-state index contributed by atoms with van der Waals surface area (Å²) in [5, 5.41) is 5.59. The highest BCUT2D eigenvalue weighted by Gasteiger charge is 2.25. The summed E-state index contributed by atoms with van der Waals surface area (Å²) in [6.45, 7) is 6.22. The quantitative estimate of drug-likeness (QED) is 0.861. The summed E-state index contributed by atoms with van der Waals surface area (Å²) in [6.07, 6.45) is 1.43. The summed E-state index contributed by atoms with van der Waals surface area (Å²) in [4.78, 5) is 24.4. The fraction of sp³-hybridized carbons (Fsp3) is 0.333. The van der Waals surface area contributed by atoms with E-state index in [2.05, 4.69) is 10.6 Å². The van der Waals surface area contributed by atoms with Gasteiger partial charge in [-0.15, -0.1) is 0 Å². The lowest BCUT2D eigenvalue weighted by Gasteiger charge is -2.21. The highest BCUT2D eigenvalue weighted by atomic mass is 16.3. The first-order chi connectivity index (χ1) is 11.0. The molecule has 0 aliphatic heterocycles. The lowest BCUT2D eigenvalue weighted by Crippen LogP contribution is -2.49. The van der Waals surface area contributed by atoms with Gasteiger partial charge in [-0.1, -0.05) is 43.7 Å². The first-order valence-corrected chi connectivity index (χ1v) is 7.65. The first kappa shape index (κ1) is 16.8. The average Bonchev–Trinajstić information content (AvgIpc) is 3.05. The van der Waals surface area contributed by atoms with Crippen molar-refractivity contribution in [3.8, 4) is 0 Å². The number of furan rings is 1. The number of hydrogen-bond acceptors (Lipinski definition) is 3. The standard InChI is InChI=1S/C18H22N2O3/c1-12(2)16(20-17(21)15-5-4-10-23-15)18(22)19-11-14-8-6-13(3)7-9-14/h4-10,12,16H,11H2,1-3H3,(H,19,22)(H,20,21). The van der Waals surface area contributed by atoms with Gasteiger partial charge < -0.3 is 15.1 Å². The highest BCUT2D eigenvalue weighted by molar-refractivity contribution is 5.95. The van der Waals surface area contributed by atoms with Gasteiger partial charge in [-0.25, -0.2) is 0 Å². The Bertz CT molecular complexity index is 645. The normalized spacial score (nSPS) is 12.0. The van der Waals surface area contributed by atoms with Gasteiger partial charge in [0.15, 0.2) is 5.76 Å². The molecule has 0 aliphatic carbocycles. The van der Waals surface area contributed by atoms with Crippen LogP contribution in [0.5, 0.6) is 0 Å². The van der Waals surface area contributed by atoms with Crippen LogP contribution in [-0.2, 0) is 11.3 Å². The van der Waals surface area contributed by atoms with Gasteiger partial charge in [0.1, 0.15) is 6.04 Å². The van der Waals surface area contributed by atoms with E-state index in [4.69, 9.17) is 4.42 Å². The number of aryl methyl sites for hydroxylation is 1. The molecule has 0 spiro atoms. The maximum absolute atomic E-state index is 12.4. The zero-order chi connectivity index (χ0) is 16.8. The molecule has 0 aliphatic rings. The number of benzene rings is 1. The van der Waals surface area contributed by atoms with Crippen LogP contribution in [0.25, 0.3) is 0 Å². The van der Waals surface area contributed by atoms with Crippen molar-refractivity contribution >= 4 is 11.8 Å². The Balaban J connectivity index is 1.95. The molecule has 1 aromatic heterocycles. The first-order valence-electron chi connectivity index (χ1n) is 7.65. The van der Waals surface area contributed by atoms with E-state index in [1.54, 1.807) is 12.1 Å². The Hall–Kier alpha value is -2.56. The Morgan fingerprint density at radius 3 is 2.39 bits per heavy atom. The Labute approximate surface area is 136 Å². The maximum Gasteiger partial charge on any atom is 0.287 e.